The normalized spacial score (nSPS) is 21.2. The van der Waals surface area contributed by atoms with E-state index in [0.717, 1.165) is 17.7 Å². The zero-order chi connectivity index (χ0) is 13.3. The topological polar surface area (TPSA) is 21.8 Å². The van der Waals surface area contributed by atoms with Crippen LogP contribution in [0, 0.1) is 0 Å². The summed E-state index contributed by atoms with van der Waals surface area (Å²) in [7, 11) is 0. The third-order valence-electron chi connectivity index (χ3n) is 3.21. The van der Waals surface area contributed by atoms with Gasteiger partial charge in [0.05, 0.1) is 11.6 Å². The van der Waals surface area contributed by atoms with Crippen LogP contribution in [0.4, 0.5) is 0 Å². The van der Waals surface area contributed by atoms with Gasteiger partial charge in [0.25, 0.3) is 0 Å². The molecular formula is C16H15ClO2. The molecular weight excluding hydrogens is 260 g/mol. The van der Waals surface area contributed by atoms with Gasteiger partial charge in [0.15, 0.2) is 0 Å². The summed E-state index contributed by atoms with van der Waals surface area (Å²) in [5.74, 6) is 0.707. The average Bonchev–Trinajstić information content (AvgIpc) is 3.17. The smallest absolute Gasteiger partial charge is 0.138 e. The average molecular weight is 275 g/mol. The Kier molecular flexibility index (Phi) is 3.21. The summed E-state index contributed by atoms with van der Waals surface area (Å²) in [6.45, 7) is 3.32. The summed E-state index contributed by atoms with van der Waals surface area (Å²) in [5.41, 5.74) is 2.11. The first kappa shape index (κ1) is 12.5. The van der Waals surface area contributed by atoms with Gasteiger partial charge in [0.1, 0.15) is 18.0 Å². The number of epoxide rings is 1. The molecule has 2 nitrogen and oxygen atoms in total. The van der Waals surface area contributed by atoms with Gasteiger partial charge in [-0.1, -0.05) is 48.0 Å². The molecule has 0 aromatic heterocycles. The van der Waals surface area contributed by atoms with Crippen LogP contribution in [-0.2, 0) is 4.74 Å². The molecule has 0 aliphatic carbocycles. The van der Waals surface area contributed by atoms with Crippen molar-refractivity contribution in [3.8, 4) is 16.9 Å². The van der Waals surface area contributed by atoms with Crippen LogP contribution in [0.25, 0.3) is 11.1 Å². The predicted molar refractivity (Wildman–Crippen MR) is 76.7 cm³/mol. The molecule has 2 aromatic carbocycles. The molecule has 0 amide bonds. The van der Waals surface area contributed by atoms with Crippen molar-refractivity contribution in [1.29, 1.82) is 0 Å². The minimum absolute atomic E-state index is 0.124. The second-order valence-electron chi connectivity index (χ2n) is 5.04. The van der Waals surface area contributed by atoms with Gasteiger partial charge in [0.2, 0.25) is 0 Å². The first-order valence-corrected chi connectivity index (χ1v) is 6.66. The Bertz CT molecular complexity index is 577. The molecule has 19 heavy (non-hydrogen) atoms. The number of rotatable bonds is 4. The van der Waals surface area contributed by atoms with E-state index in [1.165, 1.54) is 0 Å². The molecule has 1 atom stereocenters. The van der Waals surface area contributed by atoms with Crippen molar-refractivity contribution in [1.82, 2.24) is 0 Å². The molecule has 0 saturated carbocycles. The predicted octanol–water partition coefficient (Wildman–Crippen LogP) is 4.17. The van der Waals surface area contributed by atoms with E-state index in [4.69, 9.17) is 21.1 Å². The first-order valence-electron chi connectivity index (χ1n) is 6.28. The van der Waals surface area contributed by atoms with Gasteiger partial charge in [-0.25, -0.2) is 0 Å². The minimum Gasteiger partial charge on any atom is -0.489 e. The molecule has 1 saturated heterocycles. The lowest BCUT2D eigenvalue weighted by molar-refractivity contribution is 0.202. The standard InChI is InChI=1S/C16H15ClO2/c1-16(11-19-16)10-18-15-8-7-13(9-14(15)17)12-5-3-2-4-6-12/h2-9H,10-11H2,1H3. The van der Waals surface area contributed by atoms with Crippen LogP contribution in [0.2, 0.25) is 5.02 Å². The van der Waals surface area contributed by atoms with E-state index in [1.54, 1.807) is 0 Å². The van der Waals surface area contributed by atoms with Crippen molar-refractivity contribution in [2.45, 2.75) is 12.5 Å². The van der Waals surface area contributed by atoms with Crippen molar-refractivity contribution < 1.29 is 9.47 Å². The molecule has 98 valence electrons. The van der Waals surface area contributed by atoms with E-state index in [2.05, 4.69) is 12.1 Å². The number of hydrogen-bond acceptors (Lipinski definition) is 2. The Hall–Kier alpha value is -1.51. The number of benzene rings is 2. The van der Waals surface area contributed by atoms with Crippen LogP contribution < -0.4 is 4.74 Å². The lowest BCUT2D eigenvalue weighted by atomic mass is 10.1. The van der Waals surface area contributed by atoms with Crippen molar-refractivity contribution in [3.63, 3.8) is 0 Å². The van der Waals surface area contributed by atoms with E-state index < -0.39 is 0 Å². The van der Waals surface area contributed by atoms with E-state index in [9.17, 15) is 0 Å². The fraction of sp³-hybridized carbons (Fsp3) is 0.250. The Balaban J connectivity index is 1.78. The summed E-state index contributed by atoms with van der Waals surface area (Å²) in [4.78, 5) is 0. The highest BCUT2D eigenvalue weighted by Crippen LogP contribution is 2.32. The fourth-order valence-electron chi connectivity index (χ4n) is 1.87. The molecule has 1 fully saturated rings. The second kappa shape index (κ2) is 4.87. The van der Waals surface area contributed by atoms with Crippen LogP contribution in [0.3, 0.4) is 0 Å². The largest absolute Gasteiger partial charge is 0.489 e. The maximum absolute atomic E-state index is 6.26. The van der Waals surface area contributed by atoms with Gasteiger partial charge in [-0.2, -0.15) is 0 Å². The zero-order valence-electron chi connectivity index (χ0n) is 10.7. The quantitative estimate of drug-likeness (QED) is 0.781. The SMILES string of the molecule is CC1(COc2ccc(-c3ccccc3)cc2Cl)CO1. The van der Waals surface area contributed by atoms with Crippen molar-refractivity contribution in [2.24, 2.45) is 0 Å². The first-order chi connectivity index (χ1) is 9.16. The highest BCUT2D eigenvalue weighted by atomic mass is 35.5. The van der Waals surface area contributed by atoms with Crippen LogP contribution in [0.1, 0.15) is 6.92 Å². The van der Waals surface area contributed by atoms with E-state index >= 15 is 0 Å². The van der Waals surface area contributed by atoms with Crippen molar-refractivity contribution in [3.05, 3.63) is 53.6 Å². The Morgan fingerprint density at radius 2 is 1.89 bits per heavy atom. The van der Waals surface area contributed by atoms with Gasteiger partial charge in [0, 0.05) is 0 Å². The van der Waals surface area contributed by atoms with Crippen LogP contribution in [0.15, 0.2) is 48.5 Å². The number of halogens is 1. The molecule has 0 N–H and O–H groups in total. The summed E-state index contributed by atoms with van der Waals surface area (Å²) >= 11 is 6.26. The maximum Gasteiger partial charge on any atom is 0.138 e. The summed E-state index contributed by atoms with van der Waals surface area (Å²) in [6, 6.07) is 16.0. The monoisotopic (exact) mass is 274 g/mol. The molecule has 1 heterocycles. The van der Waals surface area contributed by atoms with E-state index in [0.29, 0.717) is 17.4 Å². The third kappa shape index (κ3) is 2.91. The van der Waals surface area contributed by atoms with Crippen LogP contribution in [0.5, 0.6) is 5.75 Å². The molecule has 3 heteroatoms. The van der Waals surface area contributed by atoms with Crippen molar-refractivity contribution in [2.75, 3.05) is 13.2 Å². The van der Waals surface area contributed by atoms with Crippen molar-refractivity contribution >= 4 is 11.6 Å². The fourth-order valence-corrected chi connectivity index (χ4v) is 2.10. The molecule has 3 rings (SSSR count). The van der Waals surface area contributed by atoms with Crippen LogP contribution in [-0.4, -0.2) is 18.8 Å². The lowest BCUT2D eigenvalue weighted by Gasteiger charge is -2.11. The van der Waals surface area contributed by atoms with E-state index in [-0.39, 0.29) is 5.60 Å². The molecule has 2 aromatic rings. The molecule has 0 radical (unpaired) electrons. The Morgan fingerprint density at radius 1 is 1.16 bits per heavy atom. The van der Waals surface area contributed by atoms with Gasteiger partial charge >= 0.3 is 0 Å². The number of ether oxygens (including phenoxy) is 2. The number of hydrogen-bond donors (Lipinski definition) is 0. The minimum atomic E-state index is -0.124. The van der Waals surface area contributed by atoms with Gasteiger partial charge < -0.3 is 9.47 Å². The van der Waals surface area contributed by atoms with Crippen LogP contribution >= 0.6 is 11.6 Å². The highest BCUT2D eigenvalue weighted by Gasteiger charge is 2.40. The Morgan fingerprint density at radius 3 is 2.53 bits per heavy atom. The summed E-state index contributed by atoms with van der Waals surface area (Å²) in [5, 5.41) is 0.630. The van der Waals surface area contributed by atoms with Gasteiger partial charge in [-0.05, 0) is 30.2 Å². The van der Waals surface area contributed by atoms with Gasteiger partial charge in [-0.3, -0.25) is 0 Å². The molecule has 1 aliphatic rings. The van der Waals surface area contributed by atoms with E-state index in [1.807, 2.05) is 43.3 Å². The summed E-state index contributed by atoms with van der Waals surface area (Å²) < 4.78 is 11.0. The second-order valence-corrected chi connectivity index (χ2v) is 5.45. The summed E-state index contributed by atoms with van der Waals surface area (Å²) in [6.07, 6.45) is 0. The molecule has 0 spiro atoms. The highest BCUT2D eigenvalue weighted by molar-refractivity contribution is 6.32. The molecule has 1 aliphatic heterocycles. The Labute approximate surface area is 117 Å². The zero-order valence-corrected chi connectivity index (χ0v) is 11.5. The van der Waals surface area contributed by atoms with Gasteiger partial charge in [-0.15, -0.1) is 0 Å². The molecule has 0 bridgehead atoms. The molecule has 1 unspecified atom stereocenters. The lowest BCUT2D eigenvalue weighted by Crippen LogP contribution is -2.17. The third-order valence-corrected chi connectivity index (χ3v) is 3.50. The maximum atomic E-state index is 6.26.